The van der Waals surface area contributed by atoms with Crippen LogP contribution in [0.1, 0.15) is 54.2 Å². The van der Waals surface area contributed by atoms with E-state index in [2.05, 4.69) is 47.3 Å². The maximum atomic E-state index is 15.1. The third-order valence-electron chi connectivity index (χ3n) is 12.9. The molecule has 4 fully saturated rings. The summed E-state index contributed by atoms with van der Waals surface area (Å²) < 4.78 is 18.2. The molecule has 10 rings (SSSR count). The van der Waals surface area contributed by atoms with Crippen molar-refractivity contribution in [2.75, 3.05) is 69.7 Å². The van der Waals surface area contributed by atoms with E-state index in [9.17, 15) is 19.2 Å². The van der Waals surface area contributed by atoms with Gasteiger partial charge in [-0.25, -0.2) is 19.2 Å². The number of carbonyl (C=O) groups excluding carboxylic acids is 3. The number of hydrogen-bond acceptors (Lipinski definition) is 9. The van der Waals surface area contributed by atoms with Crippen molar-refractivity contribution in [3.63, 3.8) is 0 Å². The Bertz CT molecular complexity index is 2470. The van der Waals surface area contributed by atoms with Gasteiger partial charge in [0.2, 0.25) is 5.91 Å². The topological polar surface area (TPSA) is 153 Å². The summed E-state index contributed by atoms with van der Waals surface area (Å²) in [5.41, 5.74) is 6.83. The molecule has 3 aliphatic heterocycles. The van der Waals surface area contributed by atoms with E-state index < -0.39 is 6.04 Å². The average molecular weight is 789 g/mol. The minimum Gasteiger partial charge on any atom is -0.371 e. The molecule has 58 heavy (non-hydrogen) atoms. The van der Waals surface area contributed by atoms with Gasteiger partial charge in [-0.1, -0.05) is 0 Å². The molecule has 2 saturated heterocycles. The molecule has 15 heteroatoms. The number of aromatic nitrogens is 5. The Morgan fingerprint density at radius 1 is 0.966 bits per heavy atom. The summed E-state index contributed by atoms with van der Waals surface area (Å²) in [6.07, 6.45) is 6.44. The molecule has 2 aromatic carbocycles. The number of aldehydes is 1. The van der Waals surface area contributed by atoms with Gasteiger partial charge in [0.1, 0.15) is 18.1 Å². The SMILES string of the molecule is CN1CCN(c2ccc(-c3nccc(-c4cc5c([nH]4)C4(CC4)CNC5=O)n3)c(F)c2)CC1.CNC(=O)C(CCC=O)n1c(=O)n(C)c2cc(N3CC4CC4C3)ccc21. The summed E-state index contributed by atoms with van der Waals surface area (Å²) >= 11 is 0. The monoisotopic (exact) mass is 788 g/mol. The zero-order valence-electron chi connectivity index (χ0n) is 33.1. The molecule has 3 atom stereocenters. The van der Waals surface area contributed by atoms with E-state index in [-0.39, 0.29) is 35.2 Å². The molecular formula is C43H49FN10O4. The number of halogens is 1. The van der Waals surface area contributed by atoms with Crippen molar-refractivity contribution in [2.45, 2.75) is 43.6 Å². The molecule has 6 heterocycles. The molecule has 5 aliphatic rings. The van der Waals surface area contributed by atoms with Crippen molar-refractivity contribution >= 4 is 40.5 Å². The molecule has 14 nitrogen and oxygen atoms in total. The number of hydrogen-bond donors (Lipinski definition) is 3. The Kier molecular flexibility index (Phi) is 9.65. The fourth-order valence-electron chi connectivity index (χ4n) is 9.01. The molecule has 3 unspecified atom stereocenters. The summed E-state index contributed by atoms with van der Waals surface area (Å²) in [4.78, 5) is 67.5. The van der Waals surface area contributed by atoms with Crippen LogP contribution in [0.3, 0.4) is 0 Å². The predicted octanol–water partition coefficient (Wildman–Crippen LogP) is 3.87. The van der Waals surface area contributed by atoms with Crippen LogP contribution >= 0.6 is 0 Å². The number of fused-ring (bicyclic) bond motifs is 4. The van der Waals surface area contributed by atoms with E-state index >= 15 is 4.39 Å². The number of rotatable bonds is 9. The zero-order valence-corrected chi connectivity index (χ0v) is 33.1. The van der Waals surface area contributed by atoms with Gasteiger partial charge >= 0.3 is 5.69 Å². The lowest BCUT2D eigenvalue weighted by Gasteiger charge is -2.34. The number of piperidine rings is 1. The molecular weight excluding hydrogens is 740 g/mol. The van der Waals surface area contributed by atoms with E-state index in [0.29, 0.717) is 35.6 Å². The van der Waals surface area contributed by atoms with Gasteiger partial charge in [-0.15, -0.1) is 0 Å². The molecule has 5 aromatic rings. The third-order valence-corrected chi connectivity index (χ3v) is 12.9. The van der Waals surface area contributed by atoms with Gasteiger partial charge in [0.25, 0.3) is 5.91 Å². The first-order valence-electron chi connectivity index (χ1n) is 20.3. The quantitative estimate of drug-likeness (QED) is 0.189. The van der Waals surface area contributed by atoms with Crippen LogP contribution in [0.2, 0.25) is 0 Å². The molecule has 0 bridgehead atoms. The van der Waals surface area contributed by atoms with E-state index in [1.165, 1.54) is 11.0 Å². The maximum Gasteiger partial charge on any atom is 0.329 e. The zero-order chi connectivity index (χ0) is 40.3. The summed E-state index contributed by atoms with van der Waals surface area (Å²) in [5.74, 6) is 1.36. The minimum absolute atomic E-state index is 0.0442. The van der Waals surface area contributed by atoms with Crippen molar-refractivity contribution in [2.24, 2.45) is 18.9 Å². The number of aryl methyl sites for hydroxylation is 1. The maximum absolute atomic E-state index is 15.1. The summed E-state index contributed by atoms with van der Waals surface area (Å²) in [7, 11) is 5.37. The standard InChI is InChI=1S/C24H25FN6O.C19H24N4O3/c1-30-8-10-31(11-9-30)15-2-3-16(18(25)12-15)22-26-7-4-19(29-22)20-13-17-21(28-20)24(5-6-24)14-27-23(17)32;1-20-18(25)16(4-3-7-24)23-15-6-5-14(9-17(15)21(2)19(23)26)22-10-12-8-13(12)11-22/h2-4,7,12-13,28H,5-6,8-11,14H2,1H3,(H,27,32);5-7,9,12-13,16H,3-4,8,10-11H2,1-2H3,(H,20,25). The average Bonchev–Trinajstić information content (AvgIpc) is 4.05. The lowest BCUT2D eigenvalue weighted by Crippen LogP contribution is -2.44. The number of piperazine rings is 1. The van der Waals surface area contributed by atoms with Crippen molar-refractivity contribution in [1.29, 1.82) is 0 Å². The van der Waals surface area contributed by atoms with Crippen LogP contribution in [0.15, 0.2) is 59.5 Å². The van der Waals surface area contributed by atoms with Gasteiger partial charge < -0.3 is 35.1 Å². The van der Waals surface area contributed by atoms with E-state index in [1.807, 2.05) is 30.3 Å². The number of H-pyrrole nitrogens is 1. The van der Waals surface area contributed by atoms with E-state index in [4.69, 9.17) is 0 Å². The van der Waals surface area contributed by atoms with Gasteiger partial charge in [-0.2, -0.15) is 0 Å². The van der Waals surface area contributed by atoms with Crippen LogP contribution in [-0.4, -0.2) is 107 Å². The van der Waals surface area contributed by atoms with Crippen LogP contribution < -0.4 is 26.1 Å². The molecule has 3 N–H and O–H groups in total. The highest BCUT2D eigenvalue weighted by atomic mass is 19.1. The Labute approximate surface area is 335 Å². The number of benzene rings is 2. The second-order valence-electron chi connectivity index (χ2n) is 16.6. The fourth-order valence-corrected chi connectivity index (χ4v) is 9.01. The Morgan fingerprint density at radius 3 is 2.41 bits per heavy atom. The van der Waals surface area contributed by atoms with Crippen LogP contribution in [0, 0.1) is 17.7 Å². The second-order valence-corrected chi connectivity index (χ2v) is 16.6. The van der Waals surface area contributed by atoms with Gasteiger partial charge in [0, 0.05) is 95.0 Å². The molecule has 1 spiro atoms. The minimum atomic E-state index is -0.688. The first kappa shape index (κ1) is 37.7. The normalized spacial score (nSPS) is 20.9. The highest BCUT2D eigenvalue weighted by molar-refractivity contribution is 5.98. The highest BCUT2D eigenvalue weighted by Gasteiger charge is 2.50. The molecule has 2 amide bonds. The number of nitrogens with zero attached hydrogens (tertiary/aromatic N) is 7. The fraction of sp³-hybridized carbons (Fsp3) is 0.442. The second kappa shape index (κ2) is 14.8. The van der Waals surface area contributed by atoms with Gasteiger partial charge in [0.05, 0.1) is 33.5 Å². The Morgan fingerprint density at radius 2 is 1.71 bits per heavy atom. The van der Waals surface area contributed by atoms with Gasteiger partial charge in [-0.3, -0.25) is 18.7 Å². The predicted molar refractivity (Wildman–Crippen MR) is 220 cm³/mol. The lowest BCUT2D eigenvalue weighted by molar-refractivity contribution is -0.124. The van der Waals surface area contributed by atoms with Gasteiger partial charge in [0.15, 0.2) is 5.82 Å². The number of anilines is 2. The molecule has 3 aromatic heterocycles. The summed E-state index contributed by atoms with van der Waals surface area (Å²) in [5, 5.41) is 5.59. The Hall–Kier alpha value is -5.83. The number of nitrogens with one attached hydrogen (secondary N) is 3. The molecule has 2 aliphatic carbocycles. The van der Waals surface area contributed by atoms with Crippen molar-refractivity contribution < 1.29 is 18.8 Å². The summed E-state index contributed by atoms with van der Waals surface area (Å²) in [6.45, 7) is 6.55. The number of amides is 2. The van der Waals surface area contributed by atoms with Crippen molar-refractivity contribution in [3.8, 4) is 22.8 Å². The number of carbonyl (C=O) groups is 3. The van der Waals surface area contributed by atoms with Crippen molar-refractivity contribution in [1.82, 2.24) is 39.6 Å². The number of aromatic amines is 1. The molecule has 302 valence electrons. The van der Waals surface area contributed by atoms with E-state index in [0.717, 1.165) is 104 Å². The van der Waals surface area contributed by atoms with Crippen LogP contribution in [0.4, 0.5) is 15.8 Å². The lowest BCUT2D eigenvalue weighted by atomic mass is 9.95. The first-order chi connectivity index (χ1) is 28.1. The number of imidazole rings is 1. The molecule has 2 saturated carbocycles. The van der Waals surface area contributed by atoms with Crippen LogP contribution in [0.25, 0.3) is 33.8 Å². The van der Waals surface area contributed by atoms with Gasteiger partial charge in [-0.05, 0) is 93.1 Å². The first-order valence-corrected chi connectivity index (χ1v) is 20.3. The van der Waals surface area contributed by atoms with Crippen LogP contribution in [-0.2, 0) is 22.1 Å². The van der Waals surface area contributed by atoms with E-state index in [1.54, 1.807) is 43.1 Å². The third kappa shape index (κ3) is 6.84. The largest absolute Gasteiger partial charge is 0.371 e. The molecule has 0 radical (unpaired) electrons. The highest BCUT2D eigenvalue weighted by Crippen LogP contribution is 2.51. The smallest absolute Gasteiger partial charge is 0.329 e. The van der Waals surface area contributed by atoms with Crippen molar-refractivity contribution in [3.05, 3.63) is 82.3 Å². The summed E-state index contributed by atoms with van der Waals surface area (Å²) in [6, 6.07) is 14.2. The van der Waals surface area contributed by atoms with Crippen LogP contribution in [0.5, 0.6) is 0 Å². The Balaban J connectivity index is 0.000000154. The number of likely N-dealkylation sites (N-methyl/N-ethyl adjacent to an activating group) is 2.